The third-order valence-electron chi connectivity index (χ3n) is 5.04. The largest absolute Gasteiger partial charge is 0.342 e. The lowest BCUT2D eigenvalue weighted by Crippen LogP contribution is -2.70. The maximum Gasteiger partial charge on any atom is 0.246 e. The molecule has 3 rings (SSSR count). The summed E-state index contributed by atoms with van der Waals surface area (Å²) in [7, 11) is 0. The molecule has 1 unspecified atom stereocenters. The molecule has 0 radical (unpaired) electrons. The molecule has 2 fully saturated rings. The van der Waals surface area contributed by atoms with Gasteiger partial charge in [-0.3, -0.25) is 9.59 Å². The lowest BCUT2D eigenvalue weighted by atomic mass is 9.86. The van der Waals surface area contributed by atoms with E-state index < -0.39 is 11.6 Å². The van der Waals surface area contributed by atoms with Crippen molar-refractivity contribution in [3.63, 3.8) is 0 Å². The SMILES string of the molecule is CC(C)C1NC(=O)C2(CCCC2)N(Cc2ccccc2)C1=O. The second kappa shape index (κ2) is 5.75. The van der Waals surface area contributed by atoms with Gasteiger partial charge in [-0.05, 0) is 24.3 Å². The highest BCUT2D eigenvalue weighted by molar-refractivity contribution is 6.00. The third kappa shape index (κ3) is 2.40. The van der Waals surface area contributed by atoms with Crippen molar-refractivity contribution in [1.29, 1.82) is 0 Å². The minimum atomic E-state index is -0.627. The molecule has 1 spiro atoms. The number of nitrogens with zero attached hydrogens (tertiary/aromatic N) is 1. The smallest absolute Gasteiger partial charge is 0.246 e. The Balaban J connectivity index is 1.95. The standard InChI is InChI=1S/C18H24N2O2/c1-13(2)15-16(21)20(12-14-8-4-3-5-9-14)18(17(22)19-15)10-6-7-11-18/h3-5,8-9,13,15H,6-7,10-12H2,1-2H3,(H,19,22). The first-order valence-electron chi connectivity index (χ1n) is 8.21. The average Bonchev–Trinajstić information content (AvgIpc) is 2.99. The molecule has 2 amide bonds. The summed E-state index contributed by atoms with van der Waals surface area (Å²) in [6.07, 6.45) is 3.58. The van der Waals surface area contributed by atoms with Gasteiger partial charge in [0, 0.05) is 6.54 Å². The molecule has 4 nitrogen and oxygen atoms in total. The van der Waals surface area contributed by atoms with Gasteiger partial charge in [-0.1, -0.05) is 57.0 Å². The van der Waals surface area contributed by atoms with Crippen LogP contribution in [0, 0.1) is 5.92 Å². The summed E-state index contributed by atoms with van der Waals surface area (Å²) in [5.41, 5.74) is 0.456. The van der Waals surface area contributed by atoms with Crippen molar-refractivity contribution in [2.45, 2.75) is 57.7 Å². The second-order valence-electron chi connectivity index (χ2n) is 6.84. The molecule has 118 valence electrons. The topological polar surface area (TPSA) is 49.4 Å². The van der Waals surface area contributed by atoms with E-state index in [2.05, 4.69) is 5.32 Å². The molecule has 0 aromatic heterocycles. The van der Waals surface area contributed by atoms with Crippen molar-refractivity contribution >= 4 is 11.8 Å². The number of piperazine rings is 1. The summed E-state index contributed by atoms with van der Waals surface area (Å²) in [5.74, 6) is 0.216. The van der Waals surface area contributed by atoms with Crippen LogP contribution in [0.5, 0.6) is 0 Å². The average molecular weight is 300 g/mol. The maximum absolute atomic E-state index is 13.0. The first-order chi connectivity index (χ1) is 10.5. The number of hydrogen-bond donors (Lipinski definition) is 1. The number of hydrogen-bond acceptors (Lipinski definition) is 2. The van der Waals surface area contributed by atoms with E-state index in [1.807, 2.05) is 49.1 Å². The van der Waals surface area contributed by atoms with E-state index in [0.717, 1.165) is 31.2 Å². The zero-order valence-corrected chi connectivity index (χ0v) is 13.3. The van der Waals surface area contributed by atoms with Crippen LogP contribution < -0.4 is 5.32 Å². The third-order valence-corrected chi connectivity index (χ3v) is 5.04. The summed E-state index contributed by atoms with van der Waals surface area (Å²) in [4.78, 5) is 27.6. The van der Waals surface area contributed by atoms with Gasteiger partial charge in [0.25, 0.3) is 0 Å². The van der Waals surface area contributed by atoms with Gasteiger partial charge in [0.1, 0.15) is 11.6 Å². The van der Waals surface area contributed by atoms with Gasteiger partial charge < -0.3 is 10.2 Å². The predicted octanol–water partition coefficient (Wildman–Crippen LogP) is 2.48. The second-order valence-corrected chi connectivity index (χ2v) is 6.84. The first kappa shape index (κ1) is 15.1. The molecule has 0 bridgehead atoms. The van der Waals surface area contributed by atoms with Crippen LogP contribution in [0.4, 0.5) is 0 Å². The Hall–Kier alpha value is -1.84. The van der Waals surface area contributed by atoms with Crippen LogP contribution in [0.1, 0.15) is 45.1 Å². The summed E-state index contributed by atoms with van der Waals surface area (Å²) in [6, 6.07) is 9.56. The highest BCUT2D eigenvalue weighted by Crippen LogP contribution is 2.39. The highest BCUT2D eigenvalue weighted by atomic mass is 16.2. The van der Waals surface area contributed by atoms with E-state index in [0.29, 0.717) is 6.54 Å². The number of carbonyl (C=O) groups excluding carboxylic acids is 2. The van der Waals surface area contributed by atoms with Gasteiger partial charge in [0.15, 0.2) is 0 Å². The Morgan fingerprint density at radius 1 is 1.18 bits per heavy atom. The molecular weight excluding hydrogens is 276 g/mol. The molecule has 1 saturated heterocycles. The van der Waals surface area contributed by atoms with Gasteiger partial charge >= 0.3 is 0 Å². The van der Waals surface area contributed by atoms with E-state index >= 15 is 0 Å². The van der Waals surface area contributed by atoms with Crippen LogP contribution >= 0.6 is 0 Å². The maximum atomic E-state index is 13.0. The quantitative estimate of drug-likeness (QED) is 0.932. The molecule has 1 aromatic rings. The molecular formula is C18H24N2O2. The fraction of sp³-hybridized carbons (Fsp3) is 0.556. The molecule has 1 aliphatic heterocycles. The Kier molecular flexibility index (Phi) is 3.94. The highest BCUT2D eigenvalue weighted by Gasteiger charge is 2.53. The van der Waals surface area contributed by atoms with Crippen LogP contribution in [-0.4, -0.2) is 28.3 Å². The van der Waals surface area contributed by atoms with Crippen molar-refractivity contribution < 1.29 is 9.59 Å². The molecule has 1 aromatic carbocycles. The summed E-state index contributed by atoms with van der Waals surface area (Å²) < 4.78 is 0. The van der Waals surface area contributed by atoms with Gasteiger partial charge in [-0.25, -0.2) is 0 Å². The lowest BCUT2D eigenvalue weighted by molar-refractivity contribution is -0.159. The van der Waals surface area contributed by atoms with E-state index in [1.165, 1.54) is 0 Å². The zero-order chi connectivity index (χ0) is 15.7. The minimum absolute atomic E-state index is 0.0410. The van der Waals surface area contributed by atoms with E-state index in [1.54, 1.807) is 0 Å². The van der Waals surface area contributed by atoms with Crippen LogP contribution in [-0.2, 0) is 16.1 Å². The van der Waals surface area contributed by atoms with Crippen LogP contribution in [0.3, 0.4) is 0 Å². The van der Waals surface area contributed by atoms with E-state index in [9.17, 15) is 9.59 Å². The Bertz CT molecular complexity index is 562. The molecule has 1 aliphatic carbocycles. The number of benzene rings is 1. The summed E-state index contributed by atoms with van der Waals surface area (Å²) in [5, 5.41) is 2.98. The fourth-order valence-corrected chi connectivity index (χ4v) is 3.74. The fourth-order valence-electron chi connectivity index (χ4n) is 3.74. The van der Waals surface area contributed by atoms with E-state index in [-0.39, 0.29) is 17.7 Å². The Morgan fingerprint density at radius 2 is 1.82 bits per heavy atom. The summed E-state index contributed by atoms with van der Waals surface area (Å²) in [6.45, 7) is 4.49. The van der Waals surface area contributed by atoms with Crippen LogP contribution in [0.15, 0.2) is 30.3 Å². The number of amides is 2. The molecule has 1 saturated carbocycles. The lowest BCUT2D eigenvalue weighted by Gasteiger charge is -2.47. The van der Waals surface area contributed by atoms with Gasteiger partial charge in [0.05, 0.1) is 0 Å². The van der Waals surface area contributed by atoms with Gasteiger partial charge in [0.2, 0.25) is 11.8 Å². The monoisotopic (exact) mass is 300 g/mol. The minimum Gasteiger partial charge on any atom is -0.342 e. The van der Waals surface area contributed by atoms with Gasteiger partial charge in [-0.15, -0.1) is 0 Å². The van der Waals surface area contributed by atoms with E-state index in [4.69, 9.17) is 0 Å². The number of nitrogens with one attached hydrogen (secondary N) is 1. The Labute approximate surface area is 131 Å². The van der Waals surface area contributed by atoms with Crippen molar-refractivity contribution in [1.82, 2.24) is 10.2 Å². The van der Waals surface area contributed by atoms with Crippen molar-refractivity contribution in [3.8, 4) is 0 Å². The van der Waals surface area contributed by atoms with Gasteiger partial charge in [-0.2, -0.15) is 0 Å². The molecule has 1 atom stereocenters. The molecule has 1 heterocycles. The molecule has 22 heavy (non-hydrogen) atoms. The van der Waals surface area contributed by atoms with Crippen LogP contribution in [0.2, 0.25) is 0 Å². The van der Waals surface area contributed by atoms with Crippen LogP contribution in [0.25, 0.3) is 0 Å². The normalized spacial score (nSPS) is 24.1. The summed E-state index contributed by atoms with van der Waals surface area (Å²) >= 11 is 0. The predicted molar refractivity (Wildman–Crippen MR) is 85.0 cm³/mol. The zero-order valence-electron chi connectivity index (χ0n) is 13.3. The van der Waals surface area contributed by atoms with Crippen molar-refractivity contribution in [2.24, 2.45) is 5.92 Å². The Morgan fingerprint density at radius 3 is 2.41 bits per heavy atom. The number of rotatable bonds is 3. The molecule has 4 heteroatoms. The van der Waals surface area contributed by atoms with Crippen molar-refractivity contribution in [2.75, 3.05) is 0 Å². The first-order valence-corrected chi connectivity index (χ1v) is 8.21. The molecule has 1 N–H and O–H groups in total. The number of carbonyl (C=O) groups is 2. The molecule has 2 aliphatic rings. The van der Waals surface area contributed by atoms with Crippen molar-refractivity contribution in [3.05, 3.63) is 35.9 Å².